The first-order valence-electron chi connectivity index (χ1n) is 8.26. The summed E-state index contributed by atoms with van der Waals surface area (Å²) in [6.07, 6.45) is 5.12. The molecule has 1 N–H and O–H groups in total. The van der Waals surface area contributed by atoms with Gasteiger partial charge in [-0.25, -0.2) is 9.97 Å². The van der Waals surface area contributed by atoms with Crippen molar-refractivity contribution in [2.75, 3.05) is 5.32 Å². The van der Waals surface area contributed by atoms with Crippen LogP contribution in [0.25, 0.3) is 16.2 Å². The molecule has 0 aliphatic heterocycles. The van der Waals surface area contributed by atoms with E-state index in [1.807, 2.05) is 13.0 Å². The number of nitro benzene ring substituents is 1. The Hall–Kier alpha value is -3.33. The van der Waals surface area contributed by atoms with Crippen molar-refractivity contribution < 1.29 is 4.92 Å². The van der Waals surface area contributed by atoms with E-state index in [0.717, 1.165) is 21.3 Å². The summed E-state index contributed by atoms with van der Waals surface area (Å²) < 4.78 is 1.75. The molecular weight excluding hydrogens is 364 g/mol. The van der Waals surface area contributed by atoms with E-state index in [2.05, 4.69) is 27.2 Å². The SMILES string of the molecule is Cc1sc2nc(-n3ccnc3)nc(NCc3cccc([N+](=O)[O-])c3)c2c1C. The fraction of sp³-hybridized carbons (Fsp3) is 0.167. The van der Waals surface area contributed by atoms with Gasteiger partial charge < -0.3 is 5.32 Å². The topological polar surface area (TPSA) is 98.8 Å². The minimum absolute atomic E-state index is 0.0730. The van der Waals surface area contributed by atoms with Gasteiger partial charge >= 0.3 is 0 Å². The monoisotopic (exact) mass is 380 g/mol. The van der Waals surface area contributed by atoms with Crippen molar-refractivity contribution in [3.05, 3.63) is 69.1 Å². The molecule has 4 rings (SSSR count). The molecule has 8 nitrogen and oxygen atoms in total. The first-order chi connectivity index (χ1) is 13.0. The lowest BCUT2D eigenvalue weighted by atomic mass is 10.2. The van der Waals surface area contributed by atoms with Crippen molar-refractivity contribution in [1.82, 2.24) is 19.5 Å². The maximum atomic E-state index is 11.0. The lowest BCUT2D eigenvalue weighted by Crippen LogP contribution is -2.06. The van der Waals surface area contributed by atoms with E-state index in [1.165, 1.54) is 10.9 Å². The second-order valence-electron chi connectivity index (χ2n) is 6.09. The van der Waals surface area contributed by atoms with E-state index in [0.29, 0.717) is 18.3 Å². The van der Waals surface area contributed by atoms with Crippen LogP contribution in [0.1, 0.15) is 16.0 Å². The Morgan fingerprint density at radius 2 is 2.15 bits per heavy atom. The number of nitrogens with one attached hydrogen (secondary N) is 1. The summed E-state index contributed by atoms with van der Waals surface area (Å²) in [7, 11) is 0. The van der Waals surface area contributed by atoms with E-state index in [9.17, 15) is 10.1 Å². The van der Waals surface area contributed by atoms with Crippen LogP contribution in [0.15, 0.2) is 43.0 Å². The molecule has 0 bridgehead atoms. The molecule has 27 heavy (non-hydrogen) atoms. The van der Waals surface area contributed by atoms with Crippen LogP contribution in [0.3, 0.4) is 0 Å². The van der Waals surface area contributed by atoms with Gasteiger partial charge in [-0.15, -0.1) is 11.3 Å². The van der Waals surface area contributed by atoms with Crippen LogP contribution in [0, 0.1) is 24.0 Å². The maximum absolute atomic E-state index is 11.0. The third-order valence-electron chi connectivity index (χ3n) is 4.33. The molecule has 1 aromatic carbocycles. The predicted molar refractivity (Wildman–Crippen MR) is 104 cm³/mol. The molecule has 0 fully saturated rings. The van der Waals surface area contributed by atoms with Crippen LogP contribution < -0.4 is 5.32 Å². The van der Waals surface area contributed by atoms with Gasteiger partial charge in [0.15, 0.2) is 0 Å². The first kappa shape index (κ1) is 17.1. The Morgan fingerprint density at radius 3 is 2.89 bits per heavy atom. The predicted octanol–water partition coefficient (Wildman–Crippen LogP) is 4.01. The Labute approximate surface area is 158 Å². The molecule has 0 aliphatic rings. The number of anilines is 1. The van der Waals surface area contributed by atoms with Crippen LogP contribution in [0.4, 0.5) is 11.5 Å². The van der Waals surface area contributed by atoms with Crippen molar-refractivity contribution in [1.29, 1.82) is 0 Å². The highest BCUT2D eigenvalue weighted by molar-refractivity contribution is 7.18. The van der Waals surface area contributed by atoms with Crippen molar-refractivity contribution in [2.24, 2.45) is 0 Å². The van der Waals surface area contributed by atoms with Gasteiger partial charge in [0, 0.05) is 35.9 Å². The van der Waals surface area contributed by atoms with Crippen LogP contribution in [0.2, 0.25) is 0 Å². The maximum Gasteiger partial charge on any atom is 0.269 e. The summed E-state index contributed by atoms with van der Waals surface area (Å²) in [6.45, 7) is 4.53. The van der Waals surface area contributed by atoms with Gasteiger partial charge in [0.25, 0.3) is 5.69 Å². The molecule has 4 aromatic rings. The number of hydrogen-bond acceptors (Lipinski definition) is 7. The van der Waals surface area contributed by atoms with Crippen molar-refractivity contribution in [3.63, 3.8) is 0 Å². The van der Waals surface area contributed by atoms with E-state index in [1.54, 1.807) is 46.8 Å². The zero-order chi connectivity index (χ0) is 19.0. The summed E-state index contributed by atoms with van der Waals surface area (Å²) in [5.74, 6) is 1.24. The van der Waals surface area contributed by atoms with E-state index in [4.69, 9.17) is 0 Å². The van der Waals surface area contributed by atoms with Gasteiger partial charge in [-0.1, -0.05) is 12.1 Å². The number of imidazole rings is 1. The summed E-state index contributed by atoms with van der Waals surface area (Å²) in [5, 5.41) is 15.3. The summed E-state index contributed by atoms with van der Waals surface area (Å²) >= 11 is 1.62. The fourth-order valence-electron chi connectivity index (χ4n) is 2.82. The van der Waals surface area contributed by atoms with Gasteiger partial charge in [-0.2, -0.15) is 4.98 Å². The number of benzene rings is 1. The molecule has 0 amide bonds. The van der Waals surface area contributed by atoms with Crippen LogP contribution in [-0.2, 0) is 6.54 Å². The van der Waals surface area contributed by atoms with E-state index < -0.39 is 4.92 Å². The fourth-order valence-corrected chi connectivity index (χ4v) is 3.85. The number of nitrogens with zero attached hydrogens (tertiary/aromatic N) is 5. The second kappa shape index (κ2) is 6.76. The lowest BCUT2D eigenvalue weighted by Gasteiger charge is -2.10. The second-order valence-corrected chi connectivity index (χ2v) is 7.29. The third-order valence-corrected chi connectivity index (χ3v) is 5.43. The highest BCUT2D eigenvalue weighted by Crippen LogP contribution is 2.34. The van der Waals surface area contributed by atoms with Crippen LogP contribution >= 0.6 is 11.3 Å². The number of aryl methyl sites for hydroxylation is 2. The van der Waals surface area contributed by atoms with Crippen molar-refractivity contribution >= 4 is 33.1 Å². The quantitative estimate of drug-likeness (QED) is 0.415. The average Bonchev–Trinajstić information content (AvgIpc) is 3.29. The molecular formula is C18H16N6O2S. The Balaban J connectivity index is 1.73. The Morgan fingerprint density at radius 1 is 1.30 bits per heavy atom. The summed E-state index contributed by atoms with van der Waals surface area (Å²) in [4.78, 5) is 26.0. The minimum Gasteiger partial charge on any atom is -0.365 e. The first-order valence-corrected chi connectivity index (χ1v) is 9.08. The molecule has 0 radical (unpaired) electrons. The van der Waals surface area contributed by atoms with Crippen molar-refractivity contribution in [2.45, 2.75) is 20.4 Å². The van der Waals surface area contributed by atoms with Crippen molar-refractivity contribution in [3.8, 4) is 5.95 Å². The van der Waals surface area contributed by atoms with E-state index in [-0.39, 0.29) is 5.69 Å². The summed E-state index contributed by atoms with van der Waals surface area (Å²) in [5.41, 5.74) is 2.02. The molecule has 3 heterocycles. The van der Waals surface area contributed by atoms with Gasteiger partial charge in [0.2, 0.25) is 5.95 Å². The normalized spacial score (nSPS) is 11.0. The molecule has 0 saturated heterocycles. The standard InChI is InChI=1S/C18H16N6O2S/c1-11-12(2)27-17-15(11)16(21-18(22-17)23-7-6-19-10-23)20-9-13-4-3-5-14(8-13)24(25)26/h3-8,10H,9H2,1-2H3,(H,20,21,22). The number of hydrogen-bond donors (Lipinski definition) is 1. The molecule has 0 unspecified atom stereocenters. The largest absolute Gasteiger partial charge is 0.365 e. The van der Waals surface area contributed by atoms with Gasteiger partial charge in [0.05, 0.1) is 10.3 Å². The number of nitro groups is 1. The number of rotatable bonds is 5. The molecule has 0 saturated carbocycles. The molecule has 0 spiro atoms. The molecule has 9 heteroatoms. The number of aromatic nitrogens is 4. The molecule has 136 valence electrons. The number of fused-ring (bicyclic) bond motifs is 1. The van der Waals surface area contributed by atoms with Gasteiger partial charge in [-0.3, -0.25) is 14.7 Å². The van der Waals surface area contributed by atoms with E-state index >= 15 is 0 Å². The summed E-state index contributed by atoms with van der Waals surface area (Å²) in [6, 6.07) is 6.58. The zero-order valence-corrected chi connectivity index (χ0v) is 15.5. The number of thiophene rings is 1. The Kier molecular flexibility index (Phi) is 4.28. The third kappa shape index (κ3) is 3.24. The van der Waals surface area contributed by atoms with Crippen LogP contribution in [-0.4, -0.2) is 24.4 Å². The molecule has 3 aromatic heterocycles. The lowest BCUT2D eigenvalue weighted by molar-refractivity contribution is -0.384. The smallest absolute Gasteiger partial charge is 0.269 e. The highest BCUT2D eigenvalue weighted by Gasteiger charge is 2.15. The molecule has 0 aliphatic carbocycles. The average molecular weight is 380 g/mol. The minimum atomic E-state index is -0.393. The molecule has 0 atom stereocenters. The Bertz CT molecular complexity index is 1140. The van der Waals surface area contributed by atoms with Gasteiger partial charge in [-0.05, 0) is 25.0 Å². The zero-order valence-electron chi connectivity index (χ0n) is 14.7. The van der Waals surface area contributed by atoms with Gasteiger partial charge in [0.1, 0.15) is 17.0 Å². The highest BCUT2D eigenvalue weighted by atomic mass is 32.1. The number of non-ortho nitro benzene ring substituents is 1. The van der Waals surface area contributed by atoms with Crippen LogP contribution in [0.5, 0.6) is 0 Å².